The predicted molar refractivity (Wildman–Crippen MR) is 126 cm³/mol. The Bertz CT molecular complexity index is 1220. The van der Waals surface area contributed by atoms with E-state index in [2.05, 4.69) is 26.5 Å². The van der Waals surface area contributed by atoms with E-state index in [1.807, 2.05) is 0 Å². The average molecular weight is 518 g/mol. The Morgan fingerprint density at radius 3 is 2.47 bits per heavy atom. The molecule has 3 aromatic carbocycles. The Kier molecular flexibility index (Phi) is 7.49. The average Bonchev–Trinajstić information content (AvgIpc) is 2.80. The molecule has 0 aliphatic rings. The smallest absolute Gasteiger partial charge is 0.264 e. The quantitative estimate of drug-likeness (QED) is 0.351. The van der Waals surface area contributed by atoms with E-state index in [4.69, 9.17) is 4.74 Å². The molecule has 1 amide bonds. The van der Waals surface area contributed by atoms with Crippen molar-refractivity contribution >= 4 is 43.8 Å². The van der Waals surface area contributed by atoms with Crippen LogP contribution in [0.4, 0.5) is 5.69 Å². The third kappa shape index (κ3) is 5.65. The summed E-state index contributed by atoms with van der Waals surface area (Å²) in [6.07, 6.45) is 1.36. The lowest BCUT2D eigenvalue weighted by Gasteiger charge is -2.23. The summed E-state index contributed by atoms with van der Waals surface area (Å²) < 4.78 is 33.2. The van der Waals surface area contributed by atoms with Crippen LogP contribution in [0.3, 0.4) is 0 Å². The van der Waals surface area contributed by atoms with Gasteiger partial charge in [0.1, 0.15) is 6.54 Å². The highest BCUT2D eigenvalue weighted by molar-refractivity contribution is 9.10. The molecule has 166 valence electrons. The van der Waals surface area contributed by atoms with Crippen LogP contribution in [0.2, 0.25) is 0 Å². The van der Waals surface area contributed by atoms with Crippen LogP contribution in [0, 0.1) is 0 Å². The fraction of sp³-hybridized carbons (Fsp3) is 0.0909. The van der Waals surface area contributed by atoms with Gasteiger partial charge in [-0.2, -0.15) is 5.10 Å². The van der Waals surface area contributed by atoms with Crippen LogP contribution in [0.1, 0.15) is 5.56 Å². The van der Waals surface area contributed by atoms with Crippen molar-refractivity contribution in [1.29, 1.82) is 0 Å². The summed E-state index contributed by atoms with van der Waals surface area (Å²) in [5.41, 5.74) is 3.23. The number of carbonyl (C=O) groups is 1. The third-order valence-corrected chi connectivity index (χ3v) is 6.66. The van der Waals surface area contributed by atoms with E-state index in [-0.39, 0.29) is 16.4 Å². The van der Waals surface area contributed by atoms with Gasteiger partial charge in [-0.1, -0.05) is 34.1 Å². The molecular formula is C22H20BrN3O5S. The number of rotatable bonds is 8. The van der Waals surface area contributed by atoms with Crippen molar-refractivity contribution in [3.8, 4) is 11.5 Å². The van der Waals surface area contributed by atoms with Gasteiger partial charge in [0.15, 0.2) is 11.5 Å². The molecule has 8 nitrogen and oxygen atoms in total. The van der Waals surface area contributed by atoms with Gasteiger partial charge in [0.25, 0.3) is 15.9 Å². The van der Waals surface area contributed by atoms with E-state index in [9.17, 15) is 18.3 Å². The maximum Gasteiger partial charge on any atom is 0.264 e. The highest BCUT2D eigenvalue weighted by Crippen LogP contribution is 2.26. The van der Waals surface area contributed by atoms with Crippen LogP contribution in [0.15, 0.2) is 87.3 Å². The molecule has 0 unspecified atom stereocenters. The lowest BCUT2D eigenvalue weighted by atomic mass is 10.2. The number of sulfonamides is 1. The molecule has 0 aromatic heterocycles. The first-order chi connectivity index (χ1) is 15.3. The molecule has 0 fully saturated rings. The third-order valence-electron chi connectivity index (χ3n) is 4.34. The number of ether oxygens (including phenoxy) is 1. The Morgan fingerprint density at radius 2 is 1.81 bits per heavy atom. The van der Waals surface area contributed by atoms with Crippen LogP contribution in [-0.2, 0) is 14.8 Å². The van der Waals surface area contributed by atoms with Gasteiger partial charge in [-0.05, 0) is 60.2 Å². The van der Waals surface area contributed by atoms with Crippen LogP contribution >= 0.6 is 15.9 Å². The zero-order valence-corrected chi connectivity index (χ0v) is 19.4. The molecule has 0 radical (unpaired) electrons. The van der Waals surface area contributed by atoms with Gasteiger partial charge in [0.05, 0.1) is 23.9 Å². The maximum absolute atomic E-state index is 13.2. The Hall–Kier alpha value is -3.37. The molecule has 0 saturated heterocycles. The van der Waals surface area contributed by atoms with E-state index in [1.54, 1.807) is 54.6 Å². The van der Waals surface area contributed by atoms with Gasteiger partial charge in [-0.25, -0.2) is 13.8 Å². The molecule has 0 spiro atoms. The molecular weight excluding hydrogens is 498 g/mol. The van der Waals surface area contributed by atoms with Gasteiger partial charge < -0.3 is 9.84 Å². The standard InChI is InChI=1S/C22H20BrN3O5S/c1-31-21-13-16(7-12-20(21)27)14-24-25-22(28)15-26(18-10-8-17(23)9-11-18)32(29,30)19-5-3-2-4-6-19/h2-14,27H,15H2,1H3,(H,25,28)/b24-14-. The van der Waals surface area contributed by atoms with Gasteiger partial charge in [-0.3, -0.25) is 9.10 Å². The normalized spacial score (nSPS) is 11.3. The van der Waals surface area contributed by atoms with Crippen molar-refractivity contribution in [2.24, 2.45) is 5.10 Å². The number of nitrogens with one attached hydrogen (secondary N) is 1. The predicted octanol–water partition coefficient (Wildman–Crippen LogP) is 3.51. The van der Waals surface area contributed by atoms with Crippen molar-refractivity contribution in [2.45, 2.75) is 4.90 Å². The number of methoxy groups -OCH3 is 1. The maximum atomic E-state index is 13.2. The Balaban J connectivity index is 1.80. The molecule has 3 rings (SSSR count). The van der Waals surface area contributed by atoms with Gasteiger partial charge >= 0.3 is 0 Å². The minimum absolute atomic E-state index is 0.0232. The summed E-state index contributed by atoms with van der Waals surface area (Å²) in [7, 11) is -2.57. The van der Waals surface area contributed by atoms with Crippen molar-refractivity contribution in [3.63, 3.8) is 0 Å². The van der Waals surface area contributed by atoms with E-state index < -0.39 is 22.5 Å². The Labute approximate surface area is 194 Å². The van der Waals surface area contributed by atoms with Crippen LogP contribution in [0.5, 0.6) is 11.5 Å². The number of benzene rings is 3. The number of amides is 1. The fourth-order valence-electron chi connectivity index (χ4n) is 2.76. The van der Waals surface area contributed by atoms with Crippen LogP contribution in [0.25, 0.3) is 0 Å². The highest BCUT2D eigenvalue weighted by Gasteiger charge is 2.27. The number of aromatic hydroxyl groups is 1. The summed E-state index contributed by atoms with van der Waals surface area (Å²) in [5, 5.41) is 13.5. The number of phenols is 1. The van der Waals surface area contributed by atoms with E-state index >= 15 is 0 Å². The lowest BCUT2D eigenvalue weighted by molar-refractivity contribution is -0.119. The monoisotopic (exact) mass is 517 g/mol. The molecule has 0 bridgehead atoms. The Morgan fingerprint density at radius 1 is 1.12 bits per heavy atom. The largest absolute Gasteiger partial charge is 0.504 e. The lowest BCUT2D eigenvalue weighted by Crippen LogP contribution is -2.39. The summed E-state index contributed by atoms with van der Waals surface area (Å²) in [5.74, 6) is -0.394. The fourth-order valence-corrected chi connectivity index (χ4v) is 4.47. The van der Waals surface area contributed by atoms with Gasteiger partial charge in [-0.15, -0.1) is 0 Å². The van der Waals surface area contributed by atoms with Crippen molar-refractivity contribution in [1.82, 2.24) is 5.43 Å². The molecule has 0 aliphatic heterocycles. The molecule has 0 aliphatic carbocycles. The van der Waals surface area contributed by atoms with Crippen LogP contribution < -0.4 is 14.5 Å². The number of phenolic OH excluding ortho intramolecular Hbond substituents is 1. The number of hydrogen-bond acceptors (Lipinski definition) is 6. The zero-order chi connectivity index (χ0) is 23.1. The number of hydrazone groups is 1. The molecule has 0 atom stereocenters. The first kappa shape index (κ1) is 23.3. The number of nitrogens with zero attached hydrogens (tertiary/aromatic N) is 2. The summed E-state index contributed by atoms with van der Waals surface area (Å²) >= 11 is 3.32. The number of carbonyl (C=O) groups excluding carboxylic acids is 1. The SMILES string of the molecule is COc1cc(/C=N\NC(=O)CN(c2ccc(Br)cc2)S(=O)(=O)c2ccccc2)ccc1O. The van der Waals surface area contributed by atoms with E-state index in [0.717, 1.165) is 8.78 Å². The molecule has 0 saturated carbocycles. The summed E-state index contributed by atoms with van der Waals surface area (Å²) in [6, 6.07) is 19.0. The molecule has 32 heavy (non-hydrogen) atoms. The zero-order valence-electron chi connectivity index (χ0n) is 17.0. The van der Waals surface area contributed by atoms with Crippen LogP contribution in [-0.4, -0.2) is 39.3 Å². The highest BCUT2D eigenvalue weighted by atomic mass is 79.9. The van der Waals surface area contributed by atoms with Crippen molar-refractivity contribution < 1.29 is 23.1 Å². The van der Waals surface area contributed by atoms with Crippen molar-refractivity contribution in [2.75, 3.05) is 18.0 Å². The van der Waals surface area contributed by atoms with Gasteiger partial charge in [0.2, 0.25) is 0 Å². The topological polar surface area (TPSA) is 108 Å². The second-order valence-corrected chi connectivity index (χ2v) is 9.30. The minimum Gasteiger partial charge on any atom is -0.504 e. The first-order valence-electron chi connectivity index (χ1n) is 9.33. The number of hydrogen-bond donors (Lipinski definition) is 2. The molecule has 0 heterocycles. The molecule has 10 heteroatoms. The van der Waals surface area contributed by atoms with E-state index in [1.165, 1.54) is 31.5 Å². The number of halogens is 1. The van der Waals surface area contributed by atoms with Gasteiger partial charge in [0, 0.05) is 4.47 Å². The van der Waals surface area contributed by atoms with Crippen molar-refractivity contribution in [3.05, 3.63) is 82.8 Å². The van der Waals surface area contributed by atoms with E-state index in [0.29, 0.717) is 11.3 Å². The summed E-state index contributed by atoms with van der Waals surface area (Å²) in [6.45, 7) is -0.477. The molecule has 3 aromatic rings. The first-order valence-corrected chi connectivity index (χ1v) is 11.6. The molecule has 2 N–H and O–H groups in total. The second kappa shape index (κ2) is 10.3. The minimum atomic E-state index is -3.99. The number of anilines is 1. The summed E-state index contributed by atoms with van der Waals surface area (Å²) in [4.78, 5) is 12.6. The second-order valence-electron chi connectivity index (χ2n) is 6.53.